The van der Waals surface area contributed by atoms with Gasteiger partial charge in [-0.2, -0.15) is 0 Å². The first-order valence-corrected chi connectivity index (χ1v) is 6.93. The van der Waals surface area contributed by atoms with Crippen LogP contribution in [-0.2, 0) is 16.1 Å². The molecule has 0 aliphatic carbocycles. The molecule has 20 heavy (non-hydrogen) atoms. The minimum Gasteiger partial charge on any atom is -0.506 e. The molecule has 0 fully saturated rings. The zero-order valence-corrected chi connectivity index (χ0v) is 12.7. The number of carbonyl (C=O) groups excluding carboxylic acids is 1. The molecule has 0 atom stereocenters. The second kappa shape index (κ2) is 9.02. The highest BCUT2D eigenvalue weighted by Gasteiger charge is 2.08. The molecule has 3 N–H and O–H groups in total. The lowest BCUT2D eigenvalue weighted by Crippen LogP contribution is -2.29. The Hall–Kier alpha value is -1.01. The van der Waals surface area contributed by atoms with Crippen LogP contribution in [0.25, 0.3) is 0 Å². The summed E-state index contributed by atoms with van der Waals surface area (Å²) in [4.78, 5) is 11.4. The van der Waals surface area contributed by atoms with Crippen molar-refractivity contribution >= 4 is 29.1 Å². The average Bonchev–Trinajstić information content (AvgIpc) is 2.40. The zero-order chi connectivity index (χ0) is 15.0. The molecular formula is C13H18Cl2N2O3. The Labute approximate surface area is 128 Å². The maximum atomic E-state index is 11.4. The van der Waals surface area contributed by atoms with E-state index in [0.717, 1.165) is 0 Å². The molecule has 1 aromatic rings. The fourth-order valence-electron chi connectivity index (χ4n) is 1.56. The van der Waals surface area contributed by atoms with Crippen LogP contribution in [-0.4, -0.2) is 37.8 Å². The molecule has 0 heterocycles. The van der Waals surface area contributed by atoms with Crippen LogP contribution in [0.4, 0.5) is 0 Å². The van der Waals surface area contributed by atoms with Gasteiger partial charge in [-0.3, -0.25) is 4.79 Å². The van der Waals surface area contributed by atoms with Crippen LogP contribution in [0.5, 0.6) is 5.75 Å². The first-order chi connectivity index (χ1) is 9.54. The van der Waals surface area contributed by atoms with Gasteiger partial charge in [-0.05, 0) is 12.1 Å². The summed E-state index contributed by atoms with van der Waals surface area (Å²) in [6, 6.07) is 3.11. The molecule has 0 spiro atoms. The summed E-state index contributed by atoms with van der Waals surface area (Å²) in [5.41, 5.74) is 0.599. The summed E-state index contributed by atoms with van der Waals surface area (Å²) in [6.45, 7) is 1.87. The molecule has 7 heteroatoms. The zero-order valence-electron chi connectivity index (χ0n) is 11.2. The van der Waals surface area contributed by atoms with E-state index in [4.69, 9.17) is 27.9 Å². The second-order valence-electron chi connectivity index (χ2n) is 4.16. The largest absolute Gasteiger partial charge is 0.506 e. The molecule has 5 nitrogen and oxygen atoms in total. The summed E-state index contributed by atoms with van der Waals surface area (Å²) >= 11 is 11.7. The number of amides is 1. The van der Waals surface area contributed by atoms with Crippen LogP contribution in [0.2, 0.25) is 10.0 Å². The maximum absolute atomic E-state index is 11.4. The van der Waals surface area contributed by atoms with Crippen LogP contribution in [0.1, 0.15) is 12.0 Å². The first kappa shape index (κ1) is 17.0. The summed E-state index contributed by atoms with van der Waals surface area (Å²) in [7, 11) is 1.58. The fraction of sp³-hybridized carbons (Fsp3) is 0.462. The van der Waals surface area contributed by atoms with E-state index in [1.807, 2.05) is 0 Å². The minimum absolute atomic E-state index is 0.00751. The lowest BCUT2D eigenvalue weighted by molar-refractivity contribution is -0.121. The summed E-state index contributed by atoms with van der Waals surface area (Å²) in [5, 5.41) is 16.2. The smallest absolute Gasteiger partial charge is 0.221 e. The molecule has 0 aliphatic rings. The Morgan fingerprint density at radius 1 is 1.35 bits per heavy atom. The van der Waals surface area contributed by atoms with Crippen LogP contribution < -0.4 is 10.6 Å². The first-order valence-electron chi connectivity index (χ1n) is 6.18. The van der Waals surface area contributed by atoms with Gasteiger partial charge < -0.3 is 20.5 Å². The van der Waals surface area contributed by atoms with Crippen molar-refractivity contribution in [3.8, 4) is 5.75 Å². The van der Waals surface area contributed by atoms with Gasteiger partial charge in [0.15, 0.2) is 0 Å². The molecule has 112 valence electrons. The molecule has 0 aromatic heterocycles. The van der Waals surface area contributed by atoms with Gasteiger partial charge in [0.25, 0.3) is 0 Å². The standard InChI is InChI=1S/C13H18Cl2N2O3/c1-20-5-4-17-12(18)2-3-16-8-9-6-10(14)7-11(15)13(9)19/h6-7,16,19H,2-5,8H2,1H3,(H,17,18). The van der Waals surface area contributed by atoms with Crippen LogP contribution in [0, 0.1) is 0 Å². The van der Waals surface area contributed by atoms with Gasteiger partial charge in [0, 0.05) is 43.8 Å². The highest BCUT2D eigenvalue weighted by Crippen LogP contribution is 2.30. The van der Waals surface area contributed by atoms with E-state index in [9.17, 15) is 9.90 Å². The van der Waals surface area contributed by atoms with Crippen molar-refractivity contribution in [1.29, 1.82) is 0 Å². The van der Waals surface area contributed by atoms with Crippen molar-refractivity contribution in [2.45, 2.75) is 13.0 Å². The topological polar surface area (TPSA) is 70.6 Å². The molecule has 0 saturated heterocycles. The number of nitrogens with one attached hydrogen (secondary N) is 2. The van der Waals surface area contributed by atoms with Gasteiger partial charge in [-0.25, -0.2) is 0 Å². The Morgan fingerprint density at radius 2 is 2.10 bits per heavy atom. The van der Waals surface area contributed by atoms with E-state index in [0.29, 0.717) is 43.2 Å². The summed E-state index contributed by atoms with van der Waals surface area (Å²) < 4.78 is 4.83. The quantitative estimate of drug-likeness (QED) is 0.640. The van der Waals surface area contributed by atoms with E-state index in [2.05, 4.69) is 10.6 Å². The molecule has 1 amide bonds. The number of hydrogen-bond donors (Lipinski definition) is 3. The van der Waals surface area contributed by atoms with Crippen molar-refractivity contribution in [3.05, 3.63) is 27.7 Å². The van der Waals surface area contributed by atoms with E-state index >= 15 is 0 Å². The number of ether oxygens (including phenoxy) is 1. The Kier molecular flexibility index (Phi) is 7.69. The van der Waals surface area contributed by atoms with E-state index < -0.39 is 0 Å². The number of phenolic OH excluding ortho intramolecular Hbond substituents is 1. The third-order valence-corrected chi connectivity index (χ3v) is 3.09. The number of methoxy groups -OCH3 is 1. The summed E-state index contributed by atoms with van der Waals surface area (Å²) in [5.74, 6) is -0.0454. The molecular weight excluding hydrogens is 303 g/mol. The van der Waals surface area contributed by atoms with E-state index in [-0.39, 0.29) is 16.7 Å². The Balaban J connectivity index is 2.29. The predicted octanol–water partition coefficient (Wildman–Crippen LogP) is 1.94. The van der Waals surface area contributed by atoms with Crippen LogP contribution in [0.3, 0.4) is 0 Å². The molecule has 0 bridgehead atoms. The van der Waals surface area contributed by atoms with Crippen LogP contribution in [0.15, 0.2) is 12.1 Å². The van der Waals surface area contributed by atoms with Gasteiger partial charge in [-0.1, -0.05) is 23.2 Å². The Bertz CT molecular complexity index is 455. The number of hydrogen-bond acceptors (Lipinski definition) is 4. The monoisotopic (exact) mass is 320 g/mol. The van der Waals surface area contributed by atoms with Gasteiger partial charge in [0.2, 0.25) is 5.91 Å². The van der Waals surface area contributed by atoms with E-state index in [1.165, 1.54) is 6.07 Å². The maximum Gasteiger partial charge on any atom is 0.221 e. The minimum atomic E-state index is -0.0529. The fourth-order valence-corrected chi connectivity index (χ4v) is 2.10. The van der Waals surface area contributed by atoms with Gasteiger partial charge >= 0.3 is 0 Å². The Morgan fingerprint density at radius 3 is 2.80 bits per heavy atom. The van der Waals surface area contributed by atoms with Gasteiger partial charge in [0.1, 0.15) is 5.75 Å². The van der Waals surface area contributed by atoms with Gasteiger partial charge in [0.05, 0.1) is 11.6 Å². The summed E-state index contributed by atoms with van der Waals surface area (Å²) in [6.07, 6.45) is 0.346. The molecule has 1 aromatic carbocycles. The third kappa shape index (κ3) is 5.96. The second-order valence-corrected chi connectivity index (χ2v) is 5.01. The van der Waals surface area contributed by atoms with Crippen molar-refractivity contribution < 1.29 is 14.6 Å². The number of halogens is 2. The number of benzene rings is 1. The molecule has 0 aliphatic heterocycles. The highest BCUT2D eigenvalue weighted by atomic mass is 35.5. The number of aromatic hydroxyl groups is 1. The van der Waals surface area contributed by atoms with E-state index in [1.54, 1.807) is 13.2 Å². The molecule has 0 saturated carbocycles. The number of carbonyl (C=O) groups is 1. The number of rotatable bonds is 8. The third-order valence-electron chi connectivity index (χ3n) is 2.58. The number of phenols is 1. The van der Waals surface area contributed by atoms with Crippen molar-refractivity contribution in [2.24, 2.45) is 0 Å². The molecule has 0 unspecified atom stereocenters. The molecule has 1 rings (SSSR count). The van der Waals surface area contributed by atoms with Crippen molar-refractivity contribution in [3.63, 3.8) is 0 Å². The van der Waals surface area contributed by atoms with Gasteiger partial charge in [-0.15, -0.1) is 0 Å². The predicted molar refractivity (Wildman–Crippen MR) is 79.3 cm³/mol. The molecule has 0 radical (unpaired) electrons. The van der Waals surface area contributed by atoms with Crippen molar-refractivity contribution in [1.82, 2.24) is 10.6 Å². The van der Waals surface area contributed by atoms with Crippen LogP contribution >= 0.6 is 23.2 Å². The SMILES string of the molecule is COCCNC(=O)CCNCc1cc(Cl)cc(Cl)c1O. The highest BCUT2D eigenvalue weighted by molar-refractivity contribution is 6.35. The lowest BCUT2D eigenvalue weighted by Gasteiger charge is -2.09. The lowest BCUT2D eigenvalue weighted by atomic mass is 10.2. The van der Waals surface area contributed by atoms with Crippen molar-refractivity contribution in [2.75, 3.05) is 26.8 Å². The average molecular weight is 321 g/mol. The normalized spacial score (nSPS) is 10.6.